The Morgan fingerprint density at radius 2 is 1.85 bits per heavy atom. The quantitative estimate of drug-likeness (QED) is 0.566. The van der Waals surface area contributed by atoms with Crippen LogP contribution in [0.25, 0.3) is 11.2 Å². The number of fused-ring (bicyclic) bond motifs is 1. The van der Waals surface area contributed by atoms with Crippen molar-refractivity contribution in [2.75, 3.05) is 0 Å². The Bertz CT molecular complexity index is 918. The molecule has 1 saturated carbocycles. The zero-order valence-electron chi connectivity index (χ0n) is 16.4. The van der Waals surface area contributed by atoms with E-state index in [0.29, 0.717) is 37.0 Å². The van der Waals surface area contributed by atoms with E-state index in [0.717, 1.165) is 32.2 Å². The summed E-state index contributed by atoms with van der Waals surface area (Å²) < 4.78 is 4.98. The third kappa shape index (κ3) is 4.39. The number of aromatic nitrogens is 4. The number of ketones is 1. The number of unbranched alkanes of at least 4 members (excludes halogenated alkanes) is 4. The minimum Gasteiger partial charge on any atom is -0.325 e. The molecule has 2 aromatic heterocycles. The maximum atomic E-state index is 13.1. The van der Waals surface area contributed by atoms with Crippen molar-refractivity contribution in [1.29, 1.82) is 0 Å². The van der Waals surface area contributed by atoms with Crippen molar-refractivity contribution in [3.63, 3.8) is 0 Å². The number of hydrogen-bond acceptors (Lipinski definition) is 4. The fourth-order valence-corrected chi connectivity index (χ4v) is 3.58. The second-order valence-electron chi connectivity index (χ2n) is 7.67. The summed E-state index contributed by atoms with van der Waals surface area (Å²) in [5.74, 6) is 0.137. The van der Waals surface area contributed by atoms with E-state index in [4.69, 9.17) is 0 Å². The van der Waals surface area contributed by atoms with Gasteiger partial charge < -0.3 is 9.36 Å². The molecule has 27 heavy (non-hydrogen) atoms. The topological polar surface area (TPSA) is 78.9 Å². The fourth-order valence-electron chi connectivity index (χ4n) is 3.58. The molecule has 0 atom stereocenters. The zero-order chi connectivity index (χ0) is 19.4. The molecule has 0 amide bonds. The van der Waals surface area contributed by atoms with E-state index in [9.17, 15) is 14.4 Å². The summed E-state index contributed by atoms with van der Waals surface area (Å²) in [6.07, 6.45) is 9.92. The zero-order valence-corrected chi connectivity index (χ0v) is 16.4. The summed E-state index contributed by atoms with van der Waals surface area (Å²) in [7, 11) is 0. The summed E-state index contributed by atoms with van der Waals surface area (Å²) in [5, 5.41) is 0. The molecule has 0 aromatic carbocycles. The molecule has 0 unspecified atom stereocenters. The Hall–Kier alpha value is -2.18. The molecule has 2 aromatic rings. The highest BCUT2D eigenvalue weighted by atomic mass is 16.2. The van der Waals surface area contributed by atoms with Crippen molar-refractivity contribution in [2.45, 2.75) is 90.8 Å². The highest BCUT2D eigenvalue weighted by molar-refractivity contribution is 5.75. The van der Waals surface area contributed by atoms with Crippen LogP contribution in [0.3, 0.4) is 0 Å². The van der Waals surface area contributed by atoms with Crippen LogP contribution in [0.1, 0.15) is 77.7 Å². The van der Waals surface area contributed by atoms with Gasteiger partial charge >= 0.3 is 5.69 Å². The van der Waals surface area contributed by atoms with Crippen LogP contribution >= 0.6 is 0 Å². The summed E-state index contributed by atoms with van der Waals surface area (Å²) in [6, 6.07) is 0.160. The Kier molecular flexibility index (Phi) is 6.29. The molecule has 1 aliphatic rings. The lowest BCUT2D eigenvalue weighted by molar-refractivity contribution is -0.117. The van der Waals surface area contributed by atoms with Gasteiger partial charge in [0.25, 0.3) is 5.56 Å². The van der Waals surface area contributed by atoms with E-state index >= 15 is 0 Å². The second kappa shape index (κ2) is 8.67. The third-order valence-corrected chi connectivity index (χ3v) is 5.26. The lowest BCUT2D eigenvalue weighted by atomic mass is 10.2. The van der Waals surface area contributed by atoms with Crippen molar-refractivity contribution in [1.82, 2.24) is 18.7 Å². The molecule has 7 nitrogen and oxygen atoms in total. The predicted octanol–water partition coefficient (Wildman–Crippen LogP) is 3.03. The van der Waals surface area contributed by atoms with E-state index < -0.39 is 0 Å². The van der Waals surface area contributed by atoms with E-state index in [1.807, 2.05) is 4.57 Å². The van der Waals surface area contributed by atoms with E-state index in [-0.39, 0.29) is 23.1 Å². The first-order chi connectivity index (χ1) is 13.0. The average Bonchev–Trinajstić information content (AvgIpc) is 3.37. The summed E-state index contributed by atoms with van der Waals surface area (Å²) >= 11 is 0. The number of hydrogen-bond donors (Lipinski definition) is 0. The minimum atomic E-state index is -0.256. The molecule has 0 aliphatic heterocycles. The molecule has 0 N–H and O–H groups in total. The normalized spacial score (nSPS) is 14.1. The van der Waals surface area contributed by atoms with Gasteiger partial charge in [0, 0.05) is 25.6 Å². The number of imidazole rings is 1. The number of carbonyl (C=O) groups excluding carboxylic acids is 1. The van der Waals surface area contributed by atoms with Crippen molar-refractivity contribution in [2.24, 2.45) is 0 Å². The molecule has 1 fully saturated rings. The molecule has 0 radical (unpaired) electrons. The van der Waals surface area contributed by atoms with Crippen molar-refractivity contribution >= 4 is 16.9 Å². The molecule has 148 valence electrons. The van der Waals surface area contributed by atoms with Gasteiger partial charge in [-0.1, -0.05) is 26.2 Å². The van der Waals surface area contributed by atoms with Crippen LogP contribution in [0, 0.1) is 0 Å². The first kappa shape index (κ1) is 19.6. The average molecular weight is 374 g/mol. The van der Waals surface area contributed by atoms with Crippen molar-refractivity contribution in [3.05, 3.63) is 27.2 Å². The molecule has 7 heteroatoms. The number of carbonyl (C=O) groups is 1. The largest absolute Gasteiger partial charge is 0.332 e. The van der Waals surface area contributed by atoms with Crippen LogP contribution in [-0.2, 0) is 17.9 Å². The predicted molar refractivity (Wildman–Crippen MR) is 105 cm³/mol. The van der Waals surface area contributed by atoms with Crippen LogP contribution in [0.5, 0.6) is 0 Å². The van der Waals surface area contributed by atoms with Gasteiger partial charge in [-0.25, -0.2) is 9.78 Å². The smallest absolute Gasteiger partial charge is 0.325 e. The summed E-state index contributed by atoms with van der Waals surface area (Å²) in [4.78, 5) is 41.6. The van der Waals surface area contributed by atoms with Crippen molar-refractivity contribution < 1.29 is 4.79 Å². The van der Waals surface area contributed by atoms with Gasteiger partial charge in [0.2, 0.25) is 0 Å². The number of nitrogens with zero attached hydrogens (tertiary/aromatic N) is 4. The van der Waals surface area contributed by atoms with Gasteiger partial charge in [0.15, 0.2) is 11.2 Å². The monoisotopic (exact) mass is 374 g/mol. The Balaban J connectivity index is 1.92. The Labute approximate surface area is 159 Å². The number of rotatable bonds is 11. The Morgan fingerprint density at radius 1 is 1.11 bits per heavy atom. The van der Waals surface area contributed by atoms with E-state index in [1.165, 1.54) is 17.4 Å². The summed E-state index contributed by atoms with van der Waals surface area (Å²) in [5.41, 5.74) is 0.573. The lowest BCUT2D eigenvalue weighted by Gasteiger charge is -2.12. The molecule has 2 heterocycles. The molecule has 0 spiro atoms. The maximum absolute atomic E-state index is 13.1. The van der Waals surface area contributed by atoms with Crippen LogP contribution in [-0.4, -0.2) is 24.5 Å². The van der Waals surface area contributed by atoms with Crippen LogP contribution in [0.15, 0.2) is 15.9 Å². The Morgan fingerprint density at radius 3 is 2.52 bits per heavy atom. The van der Waals surface area contributed by atoms with Gasteiger partial charge in [-0.3, -0.25) is 13.9 Å². The summed E-state index contributed by atoms with van der Waals surface area (Å²) in [6.45, 7) is 4.84. The van der Waals surface area contributed by atoms with Gasteiger partial charge in [-0.15, -0.1) is 0 Å². The minimum absolute atomic E-state index is 0.137. The molecular weight excluding hydrogens is 344 g/mol. The number of Topliss-reactive ketones (excluding diaryl/α,β-unsaturated/α-hetero) is 1. The van der Waals surface area contributed by atoms with Crippen LogP contribution in [0.4, 0.5) is 0 Å². The molecule has 1 aliphatic carbocycles. The SMILES string of the molecule is CCCCCCn1cnc2c1c(=O)n(CCCCC(C)=O)c(=O)n2C1CC1. The molecule has 0 saturated heterocycles. The highest BCUT2D eigenvalue weighted by Gasteiger charge is 2.30. The maximum Gasteiger partial charge on any atom is 0.332 e. The van der Waals surface area contributed by atoms with Crippen LogP contribution in [0.2, 0.25) is 0 Å². The van der Waals surface area contributed by atoms with Crippen LogP contribution < -0.4 is 11.2 Å². The van der Waals surface area contributed by atoms with Gasteiger partial charge in [-0.2, -0.15) is 0 Å². The second-order valence-corrected chi connectivity index (χ2v) is 7.67. The van der Waals surface area contributed by atoms with E-state index in [2.05, 4.69) is 11.9 Å². The first-order valence-electron chi connectivity index (χ1n) is 10.2. The first-order valence-corrected chi connectivity index (χ1v) is 10.2. The standard InChI is InChI=1S/C20H30N4O3/c1-3-4-5-7-12-22-14-21-18-17(22)19(26)23(13-8-6-9-15(2)25)20(27)24(18)16-10-11-16/h14,16H,3-13H2,1-2H3. The third-order valence-electron chi connectivity index (χ3n) is 5.26. The fraction of sp³-hybridized carbons (Fsp3) is 0.700. The number of aryl methyl sites for hydroxylation is 1. The molecule has 0 bridgehead atoms. The van der Waals surface area contributed by atoms with Crippen molar-refractivity contribution in [3.8, 4) is 0 Å². The molecular formula is C20H30N4O3. The molecule has 3 rings (SSSR count). The lowest BCUT2D eigenvalue weighted by Crippen LogP contribution is -2.40. The highest BCUT2D eigenvalue weighted by Crippen LogP contribution is 2.34. The van der Waals surface area contributed by atoms with Gasteiger partial charge in [0.1, 0.15) is 5.78 Å². The van der Waals surface area contributed by atoms with Gasteiger partial charge in [-0.05, 0) is 39.0 Å². The van der Waals surface area contributed by atoms with Gasteiger partial charge in [0.05, 0.1) is 6.33 Å². The van der Waals surface area contributed by atoms with E-state index in [1.54, 1.807) is 17.8 Å².